The fourth-order valence-electron chi connectivity index (χ4n) is 9.09. The van der Waals surface area contributed by atoms with E-state index in [4.69, 9.17) is 12.6 Å². The SMILES string of the molecule is Cc1ccc(Sc2ccc(-n3c4ccc(C)cc4c4c5c(c6cc(C)ccc6n5-c5ccccc5)c5c(c6cc(S)ccc6n5-c5ccccc5)c43)cc2)c(C#N)c1. The molecular formula is C52H36N4S2. The molecule has 11 aromatic rings. The van der Waals surface area contributed by atoms with Crippen molar-refractivity contribution in [3.8, 4) is 23.1 Å². The van der Waals surface area contributed by atoms with Crippen molar-refractivity contribution >= 4 is 89.8 Å². The lowest BCUT2D eigenvalue weighted by Crippen LogP contribution is -1.98. The summed E-state index contributed by atoms with van der Waals surface area (Å²) in [6.45, 7) is 6.41. The zero-order chi connectivity index (χ0) is 39.2. The Morgan fingerprint density at radius 2 is 0.897 bits per heavy atom. The van der Waals surface area contributed by atoms with E-state index in [1.54, 1.807) is 11.8 Å². The van der Waals surface area contributed by atoms with Gasteiger partial charge in [0.05, 0.1) is 38.7 Å². The summed E-state index contributed by atoms with van der Waals surface area (Å²) in [6.07, 6.45) is 0. The highest BCUT2D eigenvalue weighted by molar-refractivity contribution is 7.99. The van der Waals surface area contributed by atoms with Crippen molar-refractivity contribution in [3.63, 3.8) is 0 Å². The van der Waals surface area contributed by atoms with Crippen molar-refractivity contribution in [2.75, 3.05) is 0 Å². The predicted octanol–water partition coefficient (Wildman–Crippen LogP) is 14.2. The molecule has 3 aromatic heterocycles. The molecule has 11 rings (SSSR count). The summed E-state index contributed by atoms with van der Waals surface area (Å²) in [5.41, 5.74) is 14.5. The fourth-order valence-corrected chi connectivity index (χ4v) is 10.2. The first kappa shape index (κ1) is 34.6. The quantitative estimate of drug-likeness (QED) is 0.177. The number of nitriles is 1. The summed E-state index contributed by atoms with van der Waals surface area (Å²) in [7, 11) is 0. The summed E-state index contributed by atoms with van der Waals surface area (Å²) in [5, 5.41) is 17.1. The van der Waals surface area contributed by atoms with Crippen LogP contribution in [-0.2, 0) is 0 Å². The minimum absolute atomic E-state index is 0.695. The van der Waals surface area contributed by atoms with Gasteiger partial charge in [0.1, 0.15) is 6.07 Å². The number of para-hydroxylation sites is 2. The van der Waals surface area contributed by atoms with Gasteiger partial charge in [-0.15, -0.1) is 12.6 Å². The Morgan fingerprint density at radius 3 is 1.40 bits per heavy atom. The first-order chi connectivity index (χ1) is 28.4. The maximum Gasteiger partial charge on any atom is 0.100 e. The van der Waals surface area contributed by atoms with E-state index in [0.717, 1.165) is 59.2 Å². The van der Waals surface area contributed by atoms with Crippen LogP contribution in [-0.4, -0.2) is 13.7 Å². The molecule has 0 N–H and O–H groups in total. The van der Waals surface area contributed by atoms with Gasteiger partial charge in [-0.25, -0.2) is 0 Å². The molecule has 0 atom stereocenters. The van der Waals surface area contributed by atoms with Gasteiger partial charge in [-0.05, 0) is 129 Å². The molecule has 0 bridgehead atoms. The Morgan fingerprint density at radius 1 is 0.466 bits per heavy atom. The third kappa shape index (κ3) is 5.17. The summed E-state index contributed by atoms with van der Waals surface area (Å²) in [6, 6.07) is 59.2. The Balaban J connectivity index is 1.36. The van der Waals surface area contributed by atoms with E-state index in [-0.39, 0.29) is 0 Å². The highest BCUT2D eigenvalue weighted by atomic mass is 32.2. The number of hydrogen-bond acceptors (Lipinski definition) is 3. The van der Waals surface area contributed by atoms with Gasteiger partial charge in [-0.2, -0.15) is 5.26 Å². The van der Waals surface area contributed by atoms with Crippen LogP contribution in [0.4, 0.5) is 0 Å². The van der Waals surface area contributed by atoms with Crippen LogP contribution in [0.3, 0.4) is 0 Å². The molecule has 0 amide bonds. The van der Waals surface area contributed by atoms with Gasteiger partial charge in [0.25, 0.3) is 0 Å². The van der Waals surface area contributed by atoms with Crippen LogP contribution < -0.4 is 0 Å². The number of aromatic nitrogens is 3. The molecule has 0 saturated heterocycles. The van der Waals surface area contributed by atoms with Gasteiger partial charge in [-0.1, -0.05) is 77.5 Å². The third-order valence-electron chi connectivity index (χ3n) is 11.5. The molecule has 0 fully saturated rings. The van der Waals surface area contributed by atoms with E-state index in [0.29, 0.717) is 5.56 Å². The standard InChI is InChI=1S/C52H36N4S2/c1-31-16-25-46(34(26-31)30-53)58-39-20-17-37(18-21-39)56-44-23-15-33(3)28-41(44)48-50-47(40-27-32(2)14-22-43(40)54(50)35-10-6-4-7-11-35)51-49(52(48)56)42-29-38(57)19-24-45(42)55(51)36-12-8-5-9-13-36/h4-29,57H,1-3H3. The second kappa shape index (κ2) is 13.2. The largest absolute Gasteiger partial charge is 0.308 e. The van der Waals surface area contributed by atoms with Gasteiger partial charge in [0.2, 0.25) is 0 Å². The fraction of sp³-hybridized carbons (Fsp3) is 0.0577. The number of rotatable bonds is 5. The van der Waals surface area contributed by atoms with Crippen LogP contribution in [0.1, 0.15) is 22.3 Å². The molecule has 0 unspecified atom stereocenters. The van der Waals surface area contributed by atoms with Gasteiger partial charge < -0.3 is 13.7 Å². The van der Waals surface area contributed by atoms with Crippen LogP contribution >= 0.6 is 24.4 Å². The Kier molecular flexibility index (Phi) is 7.88. The highest BCUT2D eigenvalue weighted by Gasteiger charge is 2.29. The average Bonchev–Trinajstić information content (AvgIpc) is 3.87. The van der Waals surface area contributed by atoms with Crippen LogP contribution in [0, 0.1) is 32.1 Å². The van der Waals surface area contributed by atoms with Gasteiger partial charge in [-0.3, -0.25) is 0 Å². The molecule has 0 aliphatic carbocycles. The predicted molar refractivity (Wildman–Crippen MR) is 246 cm³/mol. The number of thiol groups is 1. The van der Waals surface area contributed by atoms with Crippen LogP contribution in [0.15, 0.2) is 172 Å². The first-order valence-corrected chi connectivity index (χ1v) is 20.7. The molecule has 58 heavy (non-hydrogen) atoms. The molecule has 8 aromatic carbocycles. The number of benzene rings is 8. The maximum absolute atomic E-state index is 9.92. The lowest BCUT2D eigenvalue weighted by molar-refractivity contribution is 1.16. The van der Waals surface area contributed by atoms with Gasteiger partial charge >= 0.3 is 0 Å². The second-order valence-corrected chi connectivity index (χ2v) is 16.9. The summed E-state index contributed by atoms with van der Waals surface area (Å²) < 4.78 is 7.44. The second-order valence-electron chi connectivity index (χ2n) is 15.3. The molecule has 0 aliphatic rings. The molecule has 0 saturated carbocycles. The Labute approximate surface area is 345 Å². The lowest BCUT2D eigenvalue weighted by Gasteiger charge is -2.14. The topological polar surface area (TPSA) is 38.6 Å². The van der Waals surface area contributed by atoms with E-state index in [9.17, 15) is 5.26 Å². The maximum atomic E-state index is 9.92. The first-order valence-electron chi connectivity index (χ1n) is 19.5. The monoisotopic (exact) mass is 780 g/mol. The van der Waals surface area contributed by atoms with Crippen LogP contribution in [0.2, 0.25) is 0 Å². The van der Waals surface area contributed by atoms with Gasteiger partial charge in [0, 0.05) is 64.1 Å². The minimum Gasteiger partial charge on any atom is -0.308 e. The molecule has 0 radical (unpaired) electrons. The third-order valence-corrected chi connectivity index (χ3v) is 12.9. The Hall–Kier alpha value is -6.65. The number of fused-ring (bicyclic) bond motifs is 12. The van der Waals surface area contributed by atoms with Crippen molar-refractivity contribution in [1.29, 1.82) is 5.26 Å². The summed E-state index contributed by atoms with van der Waals surface area (Å²) in [4.78, 5) is 2.95. The average molecular weight is 781 g/mol. The lowest BCUT2D eigenvalue weighted by atomic mass is 10.0. The van der Waals surface area contributed by atoms with E-state index in [1.807, 2.05) is 13.0 Å². The normalized spacial score (nSPS) is 11.8. The van der Waals surface area contributed by atoms with E-state index in [1.165, 1.54) is 54.6 Å². The summed E-state index contributed by atoms with van der Waals surface area (Å²) in [5.74, 6) is 0. The van der Waals surface area contributed by atoms with Crippen molar-refractivity contribution < 1.29 is 0 Å². The van der Waals surface area contributed by atoms with Gasteiger partial charge in [0.15, 0.2) is 0 Å². The molecule has 276 valence electrons. The van der Waals surface area contributed by atoms with E-state index in [2.05, 4.69) is 185 Å². The molecule has 4 nitrogen and oxygen atoms in total. The van der Waals surface area contributed by atoms with E-state index < -0.39 is 0 Å². The van der Waals surface area contributed by atoms with Crippen molar-refractivity contribution in [1.82, 2.24) is 13.7 Å². The molecular weight excluding hydrogens is 745 g/mol. The van der Waals surface area contributed by atoms with E-state index >= 15 is 0 Å². The van der Waals surface area contributed by atoms with Crippen LogP contribution in [0.5, 0.6) is 0 Å². The highest BCUT2D eigenvalue weighted by Crippen LogP contribution is 2.50. The Bertz CT molecular complexity index is 3440. The van der Waals surface area contributed by atoms with Crippen molar-refractivity contribution in [2.45, 2.75) is 35.5 Å². The minimum atomic E-state index is 0.695. The number of aryl methyl sites for hydroxylation is 3. The molecule has 0 spiro atoms. The summed E-state index contributed by atoms with van der Waals surface area (Å²) >= 11 is 6.59. The molecule has 6 heteroatoms. The van der Waals surface area contributed by atoms with Crippen molar-refractivity contribution in [3.05, 3.63) is 180 Å². The molecule has 3 heterocycles. The number of hydrogen-bond donors (Lipinski definition) is 1. The molecule has 0 aliphatic heterocycles. The smallest absolute Gasteiger partial charge is 0.100 e. The van der Waals surface area contributed by atoms with Crippen molar-refractivity contribution in [2.24, 2.45) is 0 Å². The zero-order valence-electron chi connectivity index (χ0n) is 32.2. The zero-order valence-corrected chi connectivity index (χ0v) is 33.9. The number of nitrogens with zero attached hydrogens (tertiary/aromatic N) is 4. The van der Waals surface area contributed by atoms with Crippen LogP contribution in [0.25, 0.3) is 82.5 Å².